The molecule has 0 fully saturated rings. The molecule has 0 aliphatic carbocycles. The molecule has 2 aromatic rings. The topological polar surface area (TPSA) is 98.7 Å². The molecule has 1 amide bonds. The summed E-state index contributed by atoms with van der Waals surface area (Å²) >= 11 is 1.27. The summed E-state index contributed by atoms with van der Waals surface area (Å²) in [7, 11) is 0. The SMILES string of the molecule is Cc1cc(N)nc(SC(C)C(=O)Nc2ccnn2C(C)C)n1. The predicted molar refractivity (Wildman–Crippen MR) is 87.7 cm³/mol. The summed E-state index contributed by atoms with van der Waals surface area (Å²) in [6.45, 7) is 7.65. The van der Waals surface area contributed by atoms with Crippen molar-refractivity contribution in [3.63, 3.8) is 0 Å². The summed E-state index contributed by atoms with van der Waals surface area (Å²) < 4.78 is 1.76. The molecule has 2 rings (SSSR count). The lowest BCUT2D eigenvalue weighted by Gasteiger charge is -2.14. The van der Waals surface area contributed by atoms with E-state index in [9.17, 15) is 4.79 Å². The molecule has 1 unspecified atom stereocenters. The Balaban J connectivity index is 2.04. The molecule has 3 N–H and O–H groups in total. The van der Waals surface area contributed by atoms with Crippen molar-refractivity contribution in [2.24, 2.45) is 0 Å². The summed E-state index contributed by atoms with van der Waals surface area (Å²) in [5.74, 6) is 0.952. The van der Waals surface area contributed by atoms with Crippen molar-refractivity contribution < 1.29 is 4.79 Å². The first-order valence-electron chi connectivity index (χ1n) is 6.99. The second kappa shape index (κ2) is 6.78. The number of hydrogen-bond donors (Lipinski definition) is 2. The van der Waals surface area contributed by atoms with Gasteiger partial charge in [0.15, 0.2) is 5.16 Å². The Kier molecular flexibility index (Phi) is 5.02. The Labute approximate surface area is 133 Å². The minimum atomic E-state index is -0.350. The third-order valence-electron chi connectivity index (χ3n) is 2.92. The fourth-order valence-electron chi connectivity index (χ4n) is 1.88. The molecule has 0 aromatic carbocycles. The molecule has 7 nitrogen and oxygen atoms in total. The van der Waals surface area contributed by atoms with Crippen LogP contribution in [-0.4, -0.2) is 30.9 Å². The zero-order valence-corrected chi connectivity index (χ0v) is 13.9. The van der Waals surface area contributed by atoms with Crippen molar-refractivity contribution in [3.05, 3.63) is 24.0 Å². The van der Waals surface area contributed by atoms with Gasteiger partial charge in [0.25, 0.3) is 0 Å². The number of carbonyl (C=O) groups excluding carboxylic acids is 1. The zero-order chi connectivity index (χ0) is 16.3. The number of nitrogens with two attached hydrogens (primary N) is 1. The summed E-state index contributed by atoms with van der Waals surface area (Å²) in [4.78, 5) is 20.7. The third-order valence-corrected chi connectivity index (χ3v) is 3.88. The number of nitrogens with one attached hydrogen (secondary N) is 1. The minimum Gasteiger partial charge on any atom is -0.384 e. The monoisotopic (exact) mass is 320 g/mol. The molecule has 0 aliphatic heterocycles. The van der Waals surface area contributed by atoms with Gasteiger partial charge in [-0.3, -0.25) is 4.79 Å². The summed E-state index contributed by atoms with van der Waals surface area (Å²) in [6, 6.07) is 3.64. The minimum absolute atomic E-state index is 0.129. The summed E-state index contributed by atoms with van der Waals surface area (Å²) in [5, 5.41) is 7.21. The Morgan fingerprint density at radius 2 is 2.09 bits per heavy atom. The highest BCUT2D eigenvalue weighted by molar-refractivity contribution is 8.00. The molecule has 118 valence electrons. The first kappa shape index (κ1) is 16.3. The Morgan fingerprint density at radius 3 is 2.73 bits per heavy atom. The second-order valence-corrected chi connectivity index (χ2v) is 6.53. The quantitative estimate of drug-likeness (QED) is 0.647. The smallest absolute Gasteiger partial charge is 0.238 e. The van der Waals surface area contributed by atoms with Gasteiger partial charge in [-0.15, -0.1) is 0 Å². The van der Waals surface area contributed by atoms with E-state index in [0.29, 0.717) is 16.8 Å². The summed E-state index contributed by atoms with van der Waals surface area (Å²) in [6.07, 6.45) is 1.66. The van der Waals surface area contributed by atoms with Crippen molar-refractivity contribution in [2.45, 2.75) is 44.1 Å². The number of nitrogens with zero attached hydrogens (tertiary/aromatic N) is 4. The van der Waals surface area contributed by atoms with E-state index in [2.05, 4.69) is 20.4 Å². The maximum atomic E-state index is 12.3. The normalized spacial score (nSPS) is 12.4. The fraction of sp³-hybridized carbons (Fsp3) is 0.429. The van der Waals surface area contributed by atoms with Crippen molar-refractivity contribution in [1.29, 1.82) is 0 Å². The predicted octanol–water partition coefficient (Wildman–Crippen LogP) is 2.26. The molecule has 0 saturated carbocycles. The molecular formula is C14H20N6OS. The van der Waals surface area contributed by atoms with Gasteiger partial charge in [-0.25, -0.2) is 14.6 Å². The van der Waals surface area contributed by atoms with Gasteiger partial charge in [0.1, 0.15) is 11.6 Å². The van der Waals surface area contributed by atoms with E-state index in [1.807, 2.05) is 20.8 Å². The number of nitrogen functional groups attached to an aromatic ring is 1. The van der Waals surface area contributed by atoms with Crippen LogP contribution in [0.4, 0.5) is 11.6 Å². The number of carbonyl (C=O) groups is 1. The number of rotatable bonds is 5. The first-order valence-corrected chi connectivity index (χ1v) is 7.87. The number of thioether (sulfide) groups is 1. The standard InChI is InChI=1S/C14H20N6OS/c1-8(2)20-12(5-6-16-20)19-13(21)10(4)22-14-17-9(3)7-11(15)18-14/h5-8,10H,1-4H3,(H,19,21)(H2,15,17,18). The Morgan fingerprint density at radius 1 is 1.36 bits per heavy atom. The van der Waals surface area contributed by atoms with Gasteiger partial charge < -0.3 is 11.1 Å². The van der Waals surface area contributed by atoms with Crippen LogP contribution in [0.15, 0.2) is 23.5 Å². The second-order valence-electron chi connectivity index (χ2n) is 5.22. The molecule has 0 radical (unpaired) electrons. The summed E-state index contributed by atoms with van der Waals surface area (Å²) in [5.41, 5.74) is 6.48. The van der Waals surface area contributed by atoms with Crippen LogP contribution in [-0.2, 0) is 4.79 Å². The lowest BCUT2D eigenvalue weighted by Crippen LogP contribution is -2.24. The lowest BCUT2D eigenvalue weighted by atomic mass is 10.4. The number of hydrogen-bond acceptors (Lipinski definition) is 6. The van der Waals surface area contributed by atoms with Crippen LogP contribution < -0.4 is 11.1 Å². The molecule has 22 heavy (non-hydrogen) atoms. The van der Waals surface area contributed by atoms with Crippen LogP contribution in [0.2, 0.25) is 0 Å². The average Bonchev–Trinajstić information content (AvgIpc) is 2.85. The average molecular weight is 320 g/mol. The lowest BCUT2D eigenvalue weighted by molar-refractivity contribution is -0.115. The fourth-order valence-corrected chi connectivity index (χ4v) is 2.72. The van der Waals surface area contributed by atoms with E-state index in [-0.39, 0.29) is 17.2 Å². The van der Waals surface area contributed by atoms with E-state index in [1.54, 1.807) is 29.9 Å². The van der Waals surface area contributed by atoms with Crippen molar-refractivity contribution in [3.8, 4) is 0 Å². The van der Waals surface area contributed by atoms with Gasteiger partial charge in [0, 0.05) is 23.9 Å². The zero-order valence-electron chi connectivity index (χ0n) is 13.1. The number of amides is 1. The highest BCUT2D eigenvalue weighted by Crippen LogP contribution is 2.22. The molecular weight excluding hydrogens is 300 g/mol. The maximum absolute atomic E-state index is 12.3. The van der Waals surface area contributed by atoms with Crippen LogP contribution in [0.1, 0.15) is 32.5 Å². The first-order chi connectivity index (χ1) is 10.4. The number of anilines is 2. The molecule has 0 saturated heterocycles. The molecule has 0 bridgehead atoms. The van der Waals surface area contributed by atoms with Crippen molar-refractivity contribution >= 4 is 29.3 Å². The number of aryl methyl sites for hydroxylation is 1. The van der Waals surface area contributed by atoms with Gasteiger partial charge in [0.2, 0.25) is 5.91 Å². The van der Waals surface area contributed by atoms with Crippen LogP contribution in [0.3, 0.4) is 0 Å². The highest BCUT2D eigenvalue weighted by Gasteiger charge is 2.18. The van der Waals surface area contributed by atoms with Gasteiger partial charge in [0.05, 0.1) is 11.4 Å². The molecule has 8 heteroatoms. The van der Waals surface area contributed by atoms with Crippen LogP contribution in [0, 0.1) is 6.92 Å². The number of aromatic nitrogens is 4. The van der Waals surface area contributed by atoms with Gasteiger partial charge in [-0.05, 0) is 27.7 Å². The molecule has 0 aliphatic rings. The van der Waals surface area contributed by atoms with Crippen LogP contribution in [0.25, 0.3) is 0 Å². The molecule has 0 spiro atoms. The van der Waals surface area contributed by atoms with Gasteiger partial charge in [-0.1, -0.05) is 11.8 Å². The van der Waals surface area contributed by atoms with E-state index in [4.69, 9.17) is 5.73 Å². The van der Waals surface area contributed by atoms with E-state index >= 15 is 0 Å². The van der Waals surface area contributed by atoms with Crippen molar-refractivity contribution in [2.75, 3.05) is 11.1 Å². The third kappa shape index (κ3) is 3.97. The Bertz CT molecular complexity index is 649. The Hall–Kier alpha value is -2.09. The van der Waals surface area contributed by atoms with E-state index in [1.165, 1.54) is 11.8 Å². The van der Waals surface area contributed by atoms with E-state index < -0.39 is 0 Å². The van der Waals surface area contributed by atoms with E-state index in [0.717, 1.165) is 5.69 Å². The molecule has 1 atom stereocenters. The van der Waals surface area contributed by atoms with Crippen LogP contribution >= 0.6 is 11.8 Å². The van der Waals surface area contributed by atoms with Gasteiger partial charge >= 0.3 is 0 Å². The largest absolute Gasteiger partial charge is 0.384 e. The maximum Gasteiger partial charge on any atom is 0.238 e. The van der Waals surface area contributed by atoms with Crippen molar-refractivity contribution in [1.82, 2.24) is 19.7 Å². The van der Waals surface area contributed by atoms with Crippen LogP contribution in [0.5, 0.6) is 0 Å². The molecule has 2 heterocycles. The van der Waals surface area contributed by atoms with Gasteiger partial charge in [-0.2, -0.15) is 5.10 Å². The molecule has 2 aromatic heterocycles. The highest BCUT2D eigenvalue weighted by atomic mass is 32.2.